The van der Waals surface area contributed by atoms with Crippen LogP contribution < -0.4 is 10.1 Å². The molecule has 2 aromatic rings. The van der Waals surface area contributed by atoms with Crippen molar-refractivity contribution in [3.05, 3.63) is 40.6 Å². The fourth-order valence-electron chi connectivity index (χ4n) is 1.80. The predicted molar refractivity (Wildman–Crippen MR) is 75.9 cm³/mol. The van der Waals surface area contributed by atoms with E-state index in [1.54, 1.807) is 7.11 Å². The molecule has 18 heavy (non-hydrogen) atoms. The van der Waals surface area contributed by atoms with Crippen molar-refractivity contribution in [1.29, 1.82) is 0 Å². The van der Waals surface area contributed by atoms with E-state index in [0.717, 1.165) is 34.7 Å². The largest absolute Gasteiger partial charge is 0.495 e. The minimum Gasteiger partial charge on any atom is -0.495 e. The van der Waals surface area contributed by atoms with Gasteiger partial charge in [0.1, 0.15) is 5.75 Å². The van der Waals surface area contributed by atoms with Gasteiger partial charge in [-0.05, 0) is 31.2 Å². The molecule has 0 spiro atoms. The zero-order valence-corrected chi connectivity index (χ0v) is 12.1. The molecule has 0 aliphatic heterocycles. The van der Waals surface area contributed by atoms with Gasteiger partial charge < -0.3 is 10.1 Å². The molecule has 0 amide bonds. The van der Waals surface area contributed by atoms with Gasteiger partial charge in [-0.2, -0.15) is 5.10 Å². The third-order valence-electron chi connectivity index (χ3n) is 2.73. The molecular formula is C13H16BrN3O. The van der Waals surface area contributed by atoms with Crippen LogP contribution in [0.3, 0.4) is 0 Å². The van der Waals surface area contributed by atoms with E-state index in [1.807, 2.05) is 35.1 Å². The van der Waals surface area contributed by atoms with Crippen LogP contribution in [0.2, 0.25) is 0 Å². The van der Waals surface area contributed by atoms with Crippen LogP contribution >= 0.6 is 15.9 Å². The Kier molecular flexibility index (Phi) is 4.25. The van der Waals surface area contributed by atoms with Crippen molar-refractivity contribution in [1.82, 2.24) is 9.78 Å². The number of rotatable bonds is 5. The van der Waals surface area contributed by atoms with Gasteiger partial charge in [-0.3, -0.25) is 4.68 Å². The van der Waals surface area contributed by atoms with Gasteiger partial charge in [0.25, 0.3) is 0 Å². The molecule has 0 saturated carbocycles. The zero-order valence-electron chi connectivity index (χ0n) is 10.5. The first-order valence-electron chi connectivity index (χ1n) is 5.82. The first kappa shape index (κ1) is 13.0. The van der Waals surface area contributed by atoms with Crippen LogP contribution in [0.1, 0.15) is 12.6 Å². The number of aryl methyl sites for hydroxylation is 1. The lowest BCUT2D eigenvalue weighted by molar-refractivity contribution is 0.416. The summed E-state index contributed by atoms with van der Waals surface area (Å²) in [6.07, 6.45) is 1.82. The maximum absolute atomic E-state index is 5.32. The van der Waals surface area contributed by atoms with E-state index >= 15 is 0 Å². The summed E-state index contributed by atoms with van der Waals surface area (Å²) in [7, 11) is 1.67. The Morgan fingerprint density at radius 1 is 1.39 bits per heavy atom. The van der Waals surface area contributed by atoms with Crippen molar-refractivity contribution < 1.29 is 4.74 Å². The van der Waals surface area contributed by atoms with Gasteiger partial charge in [-0.1, -0.05) is 15.9 Å². The predicted octanol–water partition coefficient (Wildman–Crippen LogP) is 3.29. The van der Waals surface area contributed by atoms with E-state index < -0.39 is 0 Å². The van der Waals surface area contributed by atoms with Gasteiger partial charge in [0, 0.05) is 17.2 Å². The normalized spacial score (nSPS) is 10.4. The van der Waals surface area contributed by atoms with Crippen molar-refractivity contribution >= 4 is 21.6 Å². The Morgan fingerprint density at radius 3 is 2.94 bits per heavy atom. The molecule has 0 bridgehead atoms. The van der Waals surface area contributed by atoms with Crippen LogP contribution in [-0.2, 0) is 13.1 Å². The van der Waals surface area contributed by atoms with Gasteiger partial charge >= 0.3 is 0 Å². The smallest absolute Gasteiger partial charge is 0.142 e. The average molecular weight is 310 g/mol. The number of hydrogen-bond acceptors (Lipinski definition) is 3. The Labute approximate surface area is 115 Å². The van der Waals surface area contributed by atoms with Crippen molar-refractivity contribution in [3.63, 3.8) is 0 Å². The molecule has 1 aromatic carbocycles. The molecule has 1 heterocycles. The highest BCUT2D eigenvalue weighted by molar-refractivity contribution is 9.10. The van der Waals surface area contributed by atoms with Gasteiger partial charge in [-0.25, -0.2) is 0 Å². The van der Waals surface area contributed by atoms with Crippen LogP contribution in [0.25, 0.3) is 0 Å². The summed E-state index contributed by atoms with van der Waals surface area (Å²) in [6.45, 7) is 3.68. The SMILES string of the molecule is CCn1nccc1CNc1cc(Br)ccc1OC. The summed E-state index contributed by atoms with van der Waals surface area (Å²) in [5, 5.41) is 7.61. The lowest BCUT2D eigenvalue weighted by Crippen LogP contribution is -2.08. The number of benzene rings is 1. The minimum atomic E-state index is 0.723. The molecule has 0 aliphatic carbocycles. The van der Waals surface area contributed by atoms with E-state index in [0.29, 0.717) is 0 Å². The van der Waals surface area contributed by atoms with E-state index in [-0.39, 0.29) is 0 Å². The lowest BCUT2D eigenvalue weighted by Gasteiger charge is -2.12. The number of nitrogens with one attached hydrogen (secondary N) is 1. The molecule has 2 rings (SSSR count). The number of anilines is 1. The molecule has 1 aromatic heterocycles. The second-order valence-electron chi connectivity index (χ2n) is 3.84. The van der Waals surface area contributed by atoms with Crippen LogP contribution in [0.15, 0.2) is 34.9 Å². The first-order valence-corrected chi connectivity index (χ1v) is 6.62. The quantitative estimate of drug-likeness (QED) is 0.921. The third kappa shape index (κ3) is 2.85. The third-order valence-corrected chi connectivity index (χ3v) is 3.22. The highest BCUT2D eigenvalue weighted by Gasteiger charge is 2.05. The molecule has 5 heteroatoms. The second kappa shape index (κ2) is 5.91. The molecule has 0 radical (unpaired) electrons. The fraction of sp³-hybridized carbons (Fsp3) is 0.308. The summed E-state index contributed by atoms with van der Waals surface area (Å²) in [6, 6.07) is 7.91. The Morgan fingerprint density at radius 2 is 2.22 bits per heavy atom. The molecule has 0 saturated heterocycles. The molecule has 0 fully saturated rings. The number of hydrogen-bond donors (Lipinski definition) is 1. The molecular weight excluding hydrogens is 294 g/mol. The highest BCUT2D eigenvalue weighted by atomic mass is 79.9. The zero-order chi connectivity index (χ0) is 13.0. The summed E-state index contributed by atoms with van der Waals surface area (Å²) in [5.74, 6) is 0.834. The standard InChI is InChI=1S/C13H16BrN3O/c1-3-17-11(6-7-16-17)9-15-12-8-10(14)4-5-13(12)18-2/h4-8,15H,3,9H2,1-2H3. The summed E-state index contributed by atoms with van der Waals surface area (Å²) in [4.78, 5) is 0. The fourth-order valence-corrected chi connectivity index (χ4v) is 2.16. The maximum Gasteiger partial charge on any atom is 0.142 e. The molecule has 4 nitrogen and oxygen atoms in total. The topological polar surface area (TPSA) is 39.1 Å². The van der Waals surface area contributed by atoms with Crippen LogP contribution in [0, 0.1) is 0 Å². The monoisotopic (exact) mass is 309 g/mol. The number of halogens is 1. The number of nitrogens with zero attached hydrogens (tertiary/aromatic N) is 2. The van der Waals surface area contributed by atoms with E-state index in [1.165, 1.54) is 0 Å². The summed E-state index contributed by atoms with van der Waals surface area (Å²) in [5.41, 5.74) is 2.12. The van der Waals surface area contributed by atoms with Crippen LogP contribution in [0.5, 0.6) is 5.75 Å². The summed E-state index contributed by atoms with van der Waals surface area (Å²) >= 11 is 3.46. The van der Waals surface area contributed by atoms with Crippen molar-refractivity contribution in [2.24, 2.45) is 0 Å². The number of ether oxygens (including phenoxy) is 1. The average Bonchev–Trinajstić information content (AvgIpc) is 2.84. The maximum atomic E-state index is 5.32. The van der Waals surface area contributed by atoms with Gasteiger partial charge in [0.2, 0.25) is 0 Å². The van der Waals surface area contributed by atoms with Crippen LogP contribution in [-0.4, -0.2) is 16.9 Å². The summed E-state index contributed by atoms with van der Waals surface area (Å²) < 4.78 is 8.31. The minimum absolute atomic E-state index is 0.723. The first-order chi connectivity index (χ1) is 8.74. The van der Waals surface area contributed by atoms with Crippen molar-refractivity contribution in [2.75, 3.05) is 12.4 Å². The van der Waals surface area contributed by atoms with Gasteiger partial charge in [-0.15, -0.1) is 0 Å². The molecule has 1 N–H and O–H groups in total. The Hall–Kier alpha value is -1.49. The van der Waals surface area contributed by atoms with Crippen LogP contribution in [0.4, 0.5) is 5.69 Å². The number of methoxy groups -OCH3 is 1. The van der Waals surface area contributed by atoms with Gasteiger partial charge in [0.15, 0.2) is 0 Å². The number of aromatic nitrogens is 2. The Bertz CT molecular complexity index is 525. The molecule has 0 atom stereocenters. The van der Waals surface area contributed by atoms with E-state index in [4.69, 9.17) is 4.74 Å². The molecule has 0 aliphatic rings. The second-order valence-corrected chi connectivity index (χ2v) is 4.75. The Balaban J connectivity index is 2.12. The van der Waals surface area contributed by atoms with Gasteiger partial charge in [0.05, 0.1) is 25.0 Å². The molecule has 0 unspecified atom stereocenters. The molecule has 96 valence electrons. The van der Waals surface area contributed by atoms with Crippen molar-refractivity contribution in [3.8, 4) is 5.75 Å². The van der Waals surface area contributed by atoms with E-state index in [2.05, 4.69) is 33.3 Å². The van der Waals surface area contributed by atoms with Crippen molar-refractivity contribution in [2.45, 2.75) is 20.0 Å². The highest BCUT2D eigenvalue weighted by Crippen LogP contribution is 2.28. The lowest BCUT2D eigenvalue weighted by atomic mass is 10.3. The van der Waals surface area contributed by atoms with E-state index in [9.17, 15) is 0 Å².